The molecule has 1 rings (SSSR count). The van der Waals surface area contributed by atoms with Crippen molar-refractivity contribution >= 4 is 11.6 Å². The van der Waals surface area contributed by atoms with E-state index in [2.05, 4.69) is 31.0 Å². The molecular weight excluding hydrogens is 214 g/mol. The second kappa shape index (κ2) is 6.08. The summed E-state index contributed by atoms with van der Waals surface area (Å²) in [5, 5.41) is 8.12. The van der Waals surface area contributed by atoms with Gasteiger partial charge in [0.1, 0.15) is 12.4 Å². The largest absolute Gasteiger partial charge is 0.373 e. The third-order valence-electron chi connectivity index (χ3n) is 2.05. The maximum atomic E-state index is 5.79. The van der Waals surface area contributed by atoms with Gasteiger partial charge >= 0.3 is 0 Å². The summed E-state index contributed by atoms with van der Waals surface area (Å²) in [6.45, 7) is 7.51. The van der Waals surface area contributed by atoms with Crippen LogP contribution >= 0.6 is 11.6 Å². The summed E-state index contributed by atoms with van der Waals surface area (Å²) >= 11 is 5.79. The number of rotatable bonds is 6. The second-order valence-electron chi connectivity index (χ2n) is 3.68. The molecule has 1 aromatic heterocycles. The van der Waals surface area contributed by atoms with Crippen molar-refractivity contribution in [2.75, 3.05) is 6.61 Å². The lowest BCUT2D eigenvalue weighted by Crippen LogP contribution is -2.10. The van der Waals surface area contributed by atoms with Crippen molar-refractivity contribution in [2.45, 2.75) is 45.7 Å². The lowest BCUT2D eigenvalue weighted by atomic mass is 10.3. The summed E-state index contributed by atoms with van der Waals surface area (Å²) in [5.74, 6) is 2.05. The fraction of sp³-hybridized carbons (Fsp3) is 0.800. The predicted octanol–water partition coefficient (Wildman–Crippen LogP) is 2.52. The van der Waals surface area contributed by atoms with Crippen LogP contribution in [-0.2, 0) is 17.2 Å². The first-order chi connectivity index (χ1) is 7.20. The Morgan fingerprint density at radius 2 is 2.00 bits per heavy atom. The van der Waals surface area contributed by atoms with Gasteiger partial charge in [0.05, 0.1) is 5.88 Å². The molecule has 0 bridgehead atoms. The molecule has 0 spiro atoms. The van der Waals surface area contributed by atoms with Gasteiger partial charge in [-0.05, 0) is 20.3 Å². The number of hydrogen-bond donors (Lipinski definition) is 0. The van der Waals surface area contributed by atoms with Crippen LogP contribution in [0.15, 0.2) is 0 Å². The fourth-order valence-corrected chi connectivity index (χ4v) is 1.64. The average Bonchev–Trinajstić information content (AvgIpc) is 2.61. The zero-order valence-corrected chi connectivity index (χ0v) is 10.3. The van der Waals surface area contributed by atoms with Gasteiger partial charge in [-0.25, -0.2) is 0 Å². The minimum atomic E-state index is 0.314. The van der Waals surface area contributed by atoms with Crippen molar-refractivity contribution in [3.8, 4) is 0 Å². The van der Waals surface area contributed by atoms with Gasteiger partial charge in [0.2, 0.25) is 0 Å². The topological polar surface area (TPSA) is 39.9 Å². The van der Waals surface area contributed by atoms with Crippen LogP contribution in [0.1, 0.15) is 44.9 Å². The molecule has 4 nitrogen and oxygen atoms in total. The lowest BCUT2D eigenvalue weighted by molar-refractivity contribution is 0.112. The quantitative estimate of drug-likeness (QED) is 0.558. The van der Waals surface area contributed by atoms with Crippen LogP contribution in [0.2, 0.25) is 0 Å². The van der Waals surface area contributed by atoms with Gasteiger partial charge in [0.15, 0.2) is 5.82 Å². The van der Waals surface area contributed by atoms with E-state index in [1.807, 2.05) is 4.57 Å². The first-order valence-electron chi connectivity index (χ1n) is 5.27. The third kappa shape index (κ3) is 3.18. The lowest BCUT2D eigenvalue weighted by Gasteiger charge is -2.12. The zero-order chi connectivity index (χ0) is 11.3. The van der Waals surface area contributed by atoms with Gasteiger partial charge in [-0.1, -0.05) is 6.92 Å². The molecule has 0 saturated heterocycles. The van der Waals surface area contributed by atoms with Gasteiger partial charge in [-0.2, -0.15) is 0 Å². The molecule has 1 heterocycles. The van der Waals surface area contributed by atoms with Crippen LogP contribution in [0.5, 0.6) is 0 Å². The Balaban J connectivity index is 2.73. The standard InChI is InChI=1S/C10H18ClN3O/c1-4-5-15-7-10-13-12-9(6-11)14(10)8(2)3/h8H,4-7H2,1-3H3. The van der Waals surface area contributed by atoms with Gasteiger partial charge in [0.25, 0.3) is 0 Å². The summed E-state index contributed by atoms with van der Waals surface area (Å²) in [7, 11) is 0. The molecule has 0 amide bonds. The molecule has 0 unspecified atom stereocenters. The van der Waals surface area contributed by atoms with Gasteiger partial charge in [0, 0.05) is 12.6 Å². The van der Waals surface area contributed by atoms with Crippen molar-refractivity contribution in [2.24, 2.45) is 0 Å². The number of hydrogen-bond acceptors (Lipinski definition) is 3. The van der Waals surface area contributed by atoms with Crippen LogP contribution in [0, 0.1) is 0 Å². The number of nitrogens with zero attached hydrogens (tertiary/aromatic N) is 3. The normalized spacial score (nSPS) is 11.3. The molecule has 0 saturated carbocycles. The Labute approximate surface area is 95.6 Å². The van der Waals surface area contributed by atoms with Gasteiger partial charge < -0.3 is 9.30 Å². The van der Waals surface area contributed by atoms with Crippen molar-refractivity contribution in [1.82, 2.24) is 14.8 Å². The highest BCUT2D eigenvalue weighted by molar-refractivity contribution is 6.16. The molecule has 0 aliphatic heterocycles. The Morgan fingerprint density at radius 1 is 1.33 bits per heavy atom. The molecule has 0 N–H and O–H groups in total. The van der Waals surface area contributed by atoms with E-state index >= 15 is 0 Å². The highest BCUT2D eigenvalue weighted by Gasteiger charge is 2.13. The van der Waals surface area contributed by atoms with Crippen LogP contribution < -0.4 is 0 Å². The first-order valence-corrected chi connectivity index (χ1v) is 5.80. The van der Waals surface area contributed by atoms with Crippen LogP contribution in [-0.4, -0.2) is 21.4 Å². The van der Waals surface area contributed by atoms with E-state index < -0.39 is 0 Å². The Kier molecular flexibility index (Phi) is 5.05. The van der Waals surface area contributed by atoms with Gasteiger partial charge in [-0.3, -0.25) is 0 Å². The van der Waals surface area contributed by atoms with E-state index in [1.54, 1.807) is 0 Å². The van der Waals surface area contributed by atoms with Gasteiger partial charge in [-0.15, -0.1) is 21.8 Å². The second-order valence-corrected chi connectivity index (χ2v) is 3.95. The molecule has 0 aliphatic rings. The molecule has 15 heavy (non-hydrogen) atoms. The summed E-state index contributed by atoms with van der Waals surface area (Å²) < 4.78 is 7.48. The number of aromatic nitrogens is 3. The maximum Gasteiger partial charge on any atom is 0.159 e. The van der Waals surface area contributed by atoms with Crippen LogP contribution in [0.25, 0.3) is 0 Å². The molecule has 0 atom stereocenters. The van der Waals surface area contributed by atoms with E-state index in [1.165, 1.54) is 0 Å². The monoisotopic (exact) mass is 231 g/mol. The molecular formula is C10H18ClN3O. The van der Waals surface area contributed by atoms with Crippen molar-refractivity contribution in [1.29, 1.82) is 0 Å². The molecule has 0 aliphatic carbocycles. The highest BCUT2D eigenvalue weighted by atomic mass is 35.5. The van der Waals surface area contributed by atoms with Crippen molar-refractivity contribution in [3.63, 3.8) is 0 Å². The average molecular weight is 232 g/mol. The molecule has 5 heteroatoms. The van der Waals surface area contributed by atoms with Crippen LogP contribution in [0.4, 0.5) is 0 Å². The molecule has 0 fully saturated rings. The van der Waals surface area contributed by atoms with E-state index in [4.69, 9.17) is 16.3 Å². The van der Waals surface area contributed by atoms with Crippen molar-refractivity contribution in [3.05, 3.63) is 11.6 Å². The smallest absolute Gasteiger partial charge is 0.159 e. The predicted molar refractivity (Wildman–Crippen MR) is 59.9 cm³/mol. The Morgan fingerprint density at radius 3 is 2.53 bits per heavy atom. The minimum Gasteiger partial charge on any atom is -0.373 e. The van der Waals surface area contributed by atoms with Crippen molar-refractivity contribution < 1.29 is 4.74 Å². The summed E-state index contributed by atoms with van der Waals surface area (Å²) in [6, 6.07) is 0.314. The van der Waals surface area contributed by atoms with Crippen LogP contribution in [0.3, 0.4) is 0 Å². The molecule has 0 aromatic carbocycles. The van der Waals surface area contributed by atoms with E-state index in [-0.39, 0.29) is 0 Å². The summed E-state index contributed by atoms with van der Waals surface area (Å²) in [5.41, 5.74) is 0. The summed E-state index contributed by atoms with van der Waals surface area (Å²) in [4.78, 5) is 0. The fourth-order valence-electron chi connectivity index (χ4n) is 1.45. The molecule has 1 aromatic rings. The Bertz CT molecular complexity index is 299. The zero-order valence-electron chi connectivity index (χ0n) is 9.53. The number of ether oxygens (including phenoxy) is 1. The summed E-state index contributed by atoms with van der Waals surface area (Å²) in [6.07, 6.45) is 1.01. The minimum absolute atomic E-state index is 0.314. The number of alkyl halides is 1. The van der Waals surface area contributed by atoms with E-state index in [0.717, 1.165) is 24.7 Å². The Hall–Kier alpha value is -0.610. The number of halogens is 1. The SMILES string of the molecule is CCCOCc1nnc(CCl)n1C(C)C. The maximum absolute atomic E-state index is 5.79. The van der Waals surface area contributed by atoms with E-state index in [0.29, 0.717) is 18.5 Å². The first kappa shape index (κ1) is 12.5. The molecule has 0 radical (unpaired) electrons. The molecule has 86 valence electrons. The highest BCUT2D eigenvalue weighted by Crippen LogP contribution is 2.13. The third-order valence-corrected chi connectivity index (χ3v) is 2.29. The van der Waals surface area contributed by atoms with E-state index in [9.17, 15) is 0 Å².